The van der Waals surface area contributed by atoms with Gasteiger partial charge in [-0.1, -0.05) is 6.07 Å². The van der Waals surface area contributed by atoms with Gasteiger partial charge >= 0.3 is 6.18 Å². The van der Waals surface area contributed by atoms with Crippen molar-refractivity contribution in [2.75, 3.05) is 7.05 Å². The Morgan fingerprint density at radius 1 is 1.26 bits per heavy atom. The molecular weight excluding hydrogens is 279 g/mol. The maximum atomic E-state index is 12.7. The van der Waals surface area contributed by atoms with Crippen LogP contribution in [-0.4, -0.2) is 17.0 Å². The summed E-state index contributed by atoms with van der Waals surface area (Å²) in [4.78, 5) is 7.93. The van der Waals surface area contributed by atoms with Gasteiger partial charge in [-0.25, -0.2) is 9.97 Å². The lowest BCUT2D eigenvalue weighted by molar-refractivity contribution is -0.137. The van der Waals surface area contributed by atoms with Crippen molar-refractivity contribution in [2.24, 2.45) is 0 Å². The molecule has 1 heterocycles. The highest BCUT2D eigenvalue weighted by Crippen LogP contribution is 2.32. The number of alkyl halides is 3. The zero-order valence-electron chi connectivity index (χ0n) is 10.2. The van der Waals surface area contributed by atoms with Gasteiger partial charge in [0.1, 0.15) is 0 Å². The zero-order chi connectivity index (χ0) is 14.2. The normalized spacial score (nSPS) is 13.8. The Balaban J connectivity index is 2.68. The van der Waals surface area contributed by atoms with E-state index in [-0.39, 0.29) is 16.8 Å². The van der Waals surface area contributed by atoms with Crippen molar-refractivity contribution >= 4 is 22.5 Å². The number of hydrogen-bond donors (Lipinski definition) is 1. The molecule has 0 fully saturated rings. The fraction of sp³-hybridized carbons (Fsp3) is 0.333. The molecule has 1 aromatic heterocycles. The molecule has 0 radical (unpaired) electrons. The van der Waals surface area contributed by atoms with Crippen LogP contribution in [0.3, 0.4) is 0 Å². The second-order valence-electron chi connectivity index (χ2n) is 4.12. The van der Waals surface area contributed by atoms with E-state index in [1.165, 1.54) is 6.07 Å². The van der Waals surface area contributed by atoms with E-state index < -0.39 is 11.7 Å². The maximum absolute atomic E-state index is 12.7. The number of benzene rings is 1. The van der Waals surface area contributed by atoms with Crippen LogP contribution in [0.4, 0.5) is 13.2 Å². The largest absolute Gasteiger partial charge is 0.416 e. The van der Waals surface area contributed by atoms with Crippen molar-refractivity contribution in [2.45, 2.75) is 19.1 Å². The summed E-state index contributed by atoms with van der Waals surface area (Å²) in [6, 6.07) is 3.23. The van der Waals surface area contributed by atoms with Crippen LogP contribution < -0.4 is 5.32 Å². The molecule has 0 amide bonds. The molecule has 1 unspecified atom stereocenters. The van der Waals surface area contributed by atoms with E-state index in [4.69, 9.17) is 11.6 Å². The minimum Gasteiger partial charge on any atom is -0.312 e. The third-order valence-corrected chi connectivity index (χ3v) is 3.04. The van der Waals surface area contributed by atoms with E-state index >= 15 is 0 Å². The number of rotatable bonds is 2. The highest BCUT2D eigenvalue weighted by molar-refractivity contribution is 6.28. The molecule has 0 saturated carbocycles. The summed E-state index contributed by atoms with van der Waals surface area (Å²) in [6.07, 6.45) is -4.40. The molecule has 1 aromatic carbocycles. The van der Waals surface area contributed by atoms with Gasteiger partial charge in [0.2, 0.25) is 5.28 Å². The number of halogens is 4. The average Bonchev–Trinajstić information content (AvgIpc) is 2.34. The number of nitrogens with zero attached hydrogens (tertiary/aromatic N) is 2. The van der Waals surface area contributed by atoms with E-state index in [2.05, 4.69) is 15.3 Å². The second kappa shape index (κ2) is 4.94. The van der Waals surface area contributed by atoms with Crippen LogP contribution in [0.2, 0.25) is 5.28 Å². The van der Waals surface area contributed by atoms with E-state index in [1.807, 2.05) is 6.92 Å². The molecule has 3 nitrogen and oxygen atoms in total. The first-order chi connectivity index (χ1) is 8.82. The van der Waals surface area contributed by atoms with Gasteiger partial charge in [-0.2, -0.15) is 13.2 Å². The molecule has 1 N–H and O–H groups in total. The van der Waals surface area contributed by atoms with Crippen molar-refractivity contribution < 1.29 is 13.2 Å². The highest BCUT2D eigenvalue weighted by Gasteiger charge is 2.31. The smallest absolute Gasteiger partial charge is 0.312 e. The summed E-state index contributed by atoms with van der Waals surface area (Å²) in [5, 5.41) is 3.46. The Hall–Kier alpha value is -1.40. The second-order valence-corrected chi connectivity index (χ2v) is 4.46. The van der Waals surface area contributed by atoms with Crippen LogP contribution in [0.25, 0.3) is 10.9 Å². The van der Waals surface area contributed by atoms with Crippen molar-refractivity contribution in [1.29, 1.82) is 0 Å². The molecule has 19 heavy (non-hydrogen) atoms. The summed E-state index contributed by atoms with van der Waals surface area (Å²) in [5.41, 5.74) is 0.0102. The molecule has 1 atom stereocenters. The molecule has 0 saturated heterocycles. The van der Waals surface area contributed by atoms with Gasteiger partial charge in [-0.3, -0.25) is 0 Å². The lowest BCUT2D eigenvalue weighted by atomic mass is 10.1. The first-order valence-corrected chi connectivity index (χ1v) is 5.92. The fourth-order valence-corrected chi connectivity index (χ4v) is 1.95. The van der Waals surface area contributed by atoms with Gasteiger partial charge in [-0.15, -0.1) is 0 Å². The summed E-state index contributed by atoms with van der Waals surface area (Å²) in [5.74, 6) is 0. The molecule has 0 aliphatic rings. The first kappa shape index (κ1) is 14.0. The predicted molar refractivity (Wildman–Crippen MR) is 67.0 cm³/mol. The van der Waals surface area contributed by atoms with E-state index in [9.17, 15) is 13.2 Å². The molecular formula is C12H11ClF3N3. The average molecular weight is 290 g/mol. The predicted octanol–water partition coefficient (Wildman–Crippen LogP) is 3.58. The number of aromatic nitrogens is 2. The molecule has 2 rings (SSSR count). The number of fused-ring (bicyclic) bond motifs is 1. The molecule has 0 bridgehead atoms. The minimum atomic E-state index is -4.40. The van der Waals surface area contributed by atoms with Crippen molar-refractivity contribution in [1.82, 2.24) is 15.3 Å². The topological polar surface area (TPSA) is 37.8 Å². The van der Waals surface area contributed by atoms with Gasteiger partial charge in [0.25, 0.3) is 0 Å². The van der Waals surface area contributed by atoms with Crippen molar-refractivity contribution in [3.63, 3.8) is 0 Å². The molecule has 0 spiro atoms. The van der Waals surface area contributed by atoms with Gasteiger partial charge < -0.3 is 5.32 Å². The van der Waals surface area contributed by atoms with E-state index in [0.717, 1.165) is 12.1 Å². The number of hydrogen-bond acceptors (Lipinski definition) is 3. The van der Waals surface area contributed by atoms with Gasteiger partial charge in [0, 0.05) is 11.4 Å². The molecule has 7 heteroatoms. The lowest BCUT2D eigenvalue weighted by Crippen LogP contribution is -2.15. The third kappa shape index (κ3) is 2.79. The van der Waals surface area contributed by atoms with Crippen molar-refractivity contribution in [3.8, 4) is 0 Å². The molecule has 2 aromatic rings. The Kier molecular flexibility index (Phi) is 3.64. The van der Waals surface area contributed by atoms with Crippen LogP contribution in [-0.2, 0) is 6.18 Å². The van der Waals surface area contributed by atoms with Crippen molar-refractivity contribution in [3.05, 3.63) is 34.7 Å². The Bertz CT molecular complexity index is 613. The maximum Gasteiger partial charge on any atom is 0.416 e. The van der Waals surface area contributed by atoms with Crippen LogP contribution in [0, 0.1) is 0 Å². The van der Waals surface area contributed by atoms with Crippen LogP contribution in [0.5, 0.6) is 0 Å². The third-order valence-electron chi connectivity index (χ3n) is 2.87. The summed E-state index contributed by atoms with van der Waals surface area (Å²) >= 11 is 5.76. The minimum absolute atomic E-state index is 0.0658. The quantitative estimate of drug-likeness (QED) is 0.859. The zero-order valence-corrected chi connectivity index (χ0v) is 11.0. The van der Waals surface area contributed by atoms with Gasteiger partial charge in [0.15, 0.2) is 0 Å². The molecule has 0 aliphatic carbocycles. The van der Waals surface area contributed by atoms with Crippen LogP contribution >= 0.6 is 11.6 Å². The van der Waals surface area contributed by atoms with Crippen LogP contribution in [0.15, 0.2) is 18.2 Å². The van der Waals surface area contributed by atoms with Gasteiger partial charge in [-0.05, 0) is 37.7 Å². The summed E-state index contributed by atoms with van der Waals surface area (Å²) < 4.78 is 38.0. The fourth-order valence-electron chi connectivity index (χ4n) is 1.77. The van der Waals surface area contributed by atoms with E-state index in [0.29, 0.717) is 11.1 Å². The Morgan fingerprint density at radius 3 is 2.53 bits per heavy atom. The monoisotopic (exact) mass is 289 g/mol. The Morgan fingerprint density at radius 2 is 1.95 bits per heavy atom. The Labute approximate surface area is 112 Å². The summed E-state index contributed by atoms with van der Waals surface area (Å²) in [7, 11) is 1.73. The SMILES string of the molecule is CNC(C)c1nc(Cl)nc2cc(C(F)(F)F)ccc12. The first-order valence-electron chi connectivity index (χ1n) is 5.54. The number of nitrogens with one attached hydrogen (secondary N) is 1. The van der Waals surface area contributed by atoms with Crippen LogP contribution in [0.1, 0.15) is 24.2 Å². The van der Waals surface area contributed by atoms with Gasteiger partial charge in [0.05, 0.1) is 16.8 Å². The standard InChI is InChI=1S/C12H11ClF3N3/c1-6(17-2)10-8-4-3-7(12(14,15)16)5-9(8)18-11(13)19-10/h3-6,17H,1-2H3. The van der Waals surface area contributed by atoms with E-state index in [1.54, 1.807) is 7.05 Å². The lowest BCUT2D eigenvalue weighted by Gasteiger charge is -2.14. The summed E-state index contributed by atoms with van der Waals surface area (Å²) in [6.45, 7) is 1.84. The molecule has 102 valence electrons. The highest BCUT2D eigenvalue weighted by atomic mass is 35.5. The molecule has 0 aliphatic heterocycles.